The van der Waals surface area contributed by atoms with Gasteiger partial charge in [-0.2, -0.15) is 0 Å². The Bertz CT molecular complexity index is 1730. The van der Waals surface area contributed by atoms with Crippen molar-refractivity contribution in [3.8, 4) is 0 Å². The largest absolute Gasteiger partial charge is 0.448 e. The molecule has 0 bridgehead atoms. The number of allylic oxidation sites excluding steroid dienone is 1. The highest BCUT2D eigenvalue weighted by Gasteiger charge is 2.55. The first-order valence-electron chi connectivity index (χ1n) is 15.5. The molecule has 2 saturated heterocycles. The molecule has 6 rings (SSSR count). The molecule has 47 heavy (non-hydrogen) atoms. The fourth-order valence-corrected chi connectivity index (χ4v) is 7.17. The molecular weight excluding hydrogens is 616 g/mol. The number of aromatic nitrogens is 1. The number of ether oxygens (including phenoxy) is 2. The molecule has 3 aliphatic heterocycles. The number of pyridine rings is 1. The van der Waals surface area contributed by atoms with E-state index >= 15 is 0 Å². The van der Waals surface area contributed by atoms with Crippen LogP contribution in [0.2, 0.25) is 0 Å². The zero-order valence-electron chi connectivity index (χ0n) is 26.7. The molecule has 242 valence electrons. The van der Waals surface area contributed by atoms with Crippen molar-refractivity contribution in [2.75, 3.05) is 17.2 Å². The number of nitrogens with one attached hydrogen (secondary N) is 1. The van der Waals surface area contributed by atoms with Crippen LogP contribution >= 0.6 is 11.8 Å². The summed E-state index contributed by atoms with van der Waals surface area (Å²) in [7, 11) is 1.90. The third-order valence-electron chi connectivity index (χ3n) is 8.00. The molecule has 10 nitrogen and oxygen atoms in total. The van der Waals surface area contributed by atoms with Crippen LogP contribution in [0.3, 0.4) is 0 Å². The van der Waals surface area contributed by atoms with E-state index in [1.54, 1.807) is 31.7 Å². The van der Waals surface area contributed by atoms with E-state index in [0.717, 1.165) is 16.8 Å². The van der Waals surface area contributed by atoms with Gasteiger partial charge in [0.15, 0.2) is 18.5 Å². The van der Waals surface area contributed by atoms with Crippen molar-refractivity contribution in [2.45, 2.75) is 50.3 Å². The molecule has 4 heterocycles. The van der Waals surface area contributed by atoms with Crippen LogP contribution in [-0.2, 0) is 30.9 Å². The van der Waals surface area contributed by atoms with E-state index in [1.165, 1.54) is 16.7 Å². The van der Waals surface area contributed by atoms with E-state index < -0.39 is 41.1 Å². The molecule has 0 radical (unpaired) electrons. The van der Waals surface area contributed by atoms with E-state index in [0.29, 0.717) is 29.9 Å². The SMILES string of the molecule is C[n+]1cccc(N2CC/C(=C\C3=C(C(=O)OC(c4ccccc4)c4ccccc4)N4C(=O)[C@@H](NC(=O)OC(C)(C)C)[C@H]4SC3)C2=O)c1. The van der Waals surface area contributed by atoms with Crippen molar-refractivity contribution in [3.05, 3.63) is 119 Å². The lowest BCUT2D eigenvalue weighted by Crippen LogP contribution is -2.70. The molecule has 2 atom stereocenters. The van der Waals surface area contributed by atoms with Crippen LogP contribution < -0.4 is 14.8 Å². The summed E-state index contributed by atoms with van der Waals surface area (Å²) < 4.78 is 13.5. The molecule has 11 heteroatoms. The molecule has 2 aromatic carbocycles. The smallest absolute Gasteiger partial charge is 0.408 e. The van der Waals surface area contributed by atoms with Crippen LogP contribution in [0.4, 0.5) is 10.5 Å². The van der Waals surface area contributed by atoms with Crippen molar-refractivity contribution in [1.29, 1.82) is 0 Å². The molecular formula is C36H37N4O6S+. The number of thioether (sulfide) groups is 1. The Kier molecular flexibility index (Phi) is 8.92. The van der Waals surface area contributed by atoms with E-state index in [2.05, 4.69) is 5.32 Å². The van der Waals surface area contributed by atoms with Crippen molar-refractivity contribution in [3.63, 3.8) is 0 Å². The number of nitrogens with zero attached hydrogens (tertiary/aromatic N) is 3. The number of anilines is 1. The van der Waals surface area contributed by atoms with E-state index in [9.17, 15) is 19.2 Å². The van der Waals surface area contributed by atoms with E-state index in [1.807, 2.05) is 96.8 Å². The minimum Gasteiger partial charge on any atom is -0.448 e. The number of benzene rings is 2. The van der Waals surface area contributed by atoms with Crippen LogP contribution in [0.1, 0.15) is 44.4 Å². The lowest BCUT2D eigenvalue weighted by Gasteiger charge is -2.49. The average molecular weight is 654 g/mol. The monoisotopic (exact) mass is 653 g/mol. The first-order chi connectivity index (χ1) is 22.5. The number of carbonyl (C=O) groups is 4. The lowest BCUT2D eigenvalue weighted by molar-refractivity contribution is -0.670. The number of carbonyl (C=O) groups excluding carboxylic acids is 4. The summed E-state index contributed by atoms with van der Waals surface area (Å²) in [5.41, 5.74) is 2.70. The van der Waals surface area contributed by atoms with Gasteiger partial charge in [0.1, 0.15) is 35.4 Å². The maximum absolute atomic E-state index is 14.3. The number of esters is 1. The predicted octanol–water partition coefficient (Wildman–Crippen LogP) is 4.57. The number of hydrogen-bond donors (Lipinski definition) is 1. The minimum atomic E-state index is -0.881. The molecule has 1 aromatic heterocycles. The van der Waals surface area contributed by atoms with Gasteiger partial charge < -0.3 is 19.7 Å². The van der Waals surface area contributed by atoms with Crippen molar-refractivity contribution in [1.82, 2.24) is 10.2 Å². The summed E-state index contributed by atoms with van der Waals surface area (Å²) in [5, 5.41) is 2.12. The first kappa shape index (κ1) is 32.1. The van der Waals surface area contributed by atoms with E-state index in [4.69, 9.17) is 9.47 Å². The predicted molar refractivity (Wildman–Crippen MR) is 177 cm³/mol. The van der Waals surface area contributed by atoms with Gasteiger partial charge in [-0.05, 0) is 56.0 Å². The van der Waals surface area contributed by atoms with Gasteiger partial charge in [0, 0.05) is 23.9 Å². The number of hydrogen-bond acceptors (Lipinski definition) is 7. The standard InChI is InChI=1S/C36H36N4O6S/c1-36(2,3)46-35(44)37-28-32(42)40-29(34(43)45-30(23-12-7-5-8-13-23)24-14-9-6-10-15-24)26(22-47-33(28)40)20-25-17-19-39(31(25)41)27-16-11-18-38(4)21-27/h5-16,18,20-21,28,30,33H,17,19,22H2,1-4H3/p+1/b25-20+/t28-,33-/m1/s1. The quantitative estimate of drug-likeness (QED) is 0.172. The van der Waals surface area contributed by atoms with Crippen molar-refractivity contribution in [2.24, 2.45) is 7.05 Å². The third-order valence-corrected chi connectivity index (χ3v) is 9.30. The van der Waals surface area contributed by atoms with Gasteiger partial charge in [-0.1, -0.05) is 60.7 Å². The Morgan fingerprint density at radius 2 is 1.66 bits per heavy atom. The summed E-state index contributed by atoms with van der Waals surface area (Å²) in [5.74, 6) is -0.984. The Hall–Kier alpha value is -4.90. The Balaban J connectivity index is 1.34. The first-order valence-corrected chi connectivity index (χ1v) is 16.5. The second-order valence-electron chi connectivity index (χ2n) is 12.6. The van der Waals surface area contributed by atoms with Crippen LogP contribution in [-0.4, -0.2) is 58.1 Å². The fraction of sp³-hybridized carbons (Fsp3) is 0.306. The van der Waals surface area contributed by atoms with Crippen LogP contribution in [0.15, 0.2) is 108 Å². The van der Waals surface area contributed by atoms with Gasteiger partial charge in [-0.25, -0.2) is 14.2 Å². The van der Waals surface area contributed by atoms with Gasteiger partial charge in [0.2, 0.25) is 0 Å². The Morgan fingerprint density at radius 3 is 2.28 bits per heavy atom. The van der Waals surface area contributed by atoms with Crippen molar-refractivity contribution < 1.29 is 33.2 Å². The number of rotatable bonds is 7. The third kappa shape index (κ3) is 6.80. The molecule has 0 unspecified atom stereocenters. The summed E-state index contributed by atoms with van der Waals surface area (Å²) >= 11 is 1.41. The normalized spacial score (nSPS) is 20.3. The Morgan fingerprint density at radius 1 is 1.00 bits per heavy atom. The number of aryl methyl sites for hydroxylation is 1. The van der Waals surface area contributed by atoms with E-state index in [-0.39, 0.29) is 11.6 Å². The molecule has 3 amide bonds. The second-order valence-corrected chi connectivity index (χ2v) is 13.7. The molecule has 3 aliphatic rings. The number of alkyl carbamates (subject to hydrolysis) is 1. The summed E-state index contributed by atoms with van der Waals surface area (Å²) in [6.07, 6.45) is 4.53. The van der Waals surface area contributed by atoms with Gasteiger partial charge >= 0.3 is 12.1 Å². The summed E-state index contributed by atoms with van der Waals surface area (Å²) in [6, 6.07) is 21.7. The van der Waals surface area contributed by atoms with Crippen LogP contribution in [0.5, 0.6) is 0 Å². The maximum Gasteiger partial charge on any atom is 0.408 e. The topological polar surface area (TPSA) is 109 Å². The van der Waals surface area contributed by atoms with Crippen molar-refractivity contribution >= 4 is 41.3 Å². The zero-order chi connectivity index (χ0) is 33.3. The van der Waals surface area contributed by atoms with Gasteiger partial charge in [0.25, 0.3) is 11.8 Å². The summed E-state index contributed by atoms with van der Waals surface area (Å²) in [4.78, 5) is 57.2. The van der Waals surface area contributed by atoms with Gasteiger partial charge in [-0.15, -0.1) is 11.8 Å². The number of fused-ring (bicyclic) bond motifs is 1. The molecule has 0 spiro atoms. The second kappa shape index (κ2) is 13.1. The van der Waals surface area contributed by atoms with Gasteiger partial charge in [-0.3, -0.25) is 14.5 Å². The number of amides is 3. The number of β-lactam (4-membered cyclic amide) rings is 1. The molecule has 1 N–H and O–H groups in total. The fourth-order valence-electron chi connectivity index (χ4n) is 5.86. The van der Waals surface area contributed by atoms with Crippen LogP contribution in [0.25, 0.3) is 0 Å². The highest BCUT2D eigenvalue weighted by molar-refractivity contribution is 8.00. The lowest BCUT2D eigenvalue weighted by atomic mass is 10.00. The Labute approximate surface area is 278 Å². The van der Waals surface area contributed by atoms with Gasteiger partial charge in [0.05, 0.1) is 0 Å². The maximum atomic E-state index is 14.3. The molecule has 3 aromatic rings. The summed E-state index contributed by atoms with van der Waals surface area (Å²) in [6.45, 7) is 5.72. The molecule has 0 aliphatic carbocycles. The zero-order valence-corrected chi connectivity index (χ0v) is 27.5. The highest BCUT2D eigenvalue weighted by Crippen LogP contribution is 2.43. The highest BCUT2D eigenvalue weighted by atomic mass is 32.2. The molecule has 2 fully saturated rings. The molecule has 0 saturated carbocycles. The van der Waals surface area contributed by atoms with Crippen LogP contribution in [0, 0.1) is 0 Å². The minimum absolute atomic E-state index is 0.0720. The average Bonchev–Trinajstić information content (AvgIpc) is 3.41.